The van der Waals surface area contributed by atoms with Crippen molar-refractivity contribution in [1.29, 1.82) is 0 Å². The number of rotatable bonds is 9. The van der Waals surface area contributed by atoms with Crippen LogP contribution in [0.4, 0.5) is 5.69 Å². The van der Waals surface area contributed by atoms with Crippen molar-refractivity contribution in [3.63, 3.8) is 0 Å². The Morgan fingerprint density at radius 1 is 0.657 bits per heavy atom. The van der Waals surface area contributed by atoms with Gasteiger partial charge in [0.05, 0.1) is 11.3 Å². The average Bonchev–Trinajstić information content (AvgIpc) is 3.43. The van der Waals surface area contributed by atoms with Gasteiger partial charge in [-0.05, 0) is 52.4 Å². The Bertz CT molecular complexity index is 1270. The lowest BCUT2D eigenvalue weighted by molar-refractivity contribution is -0.115. The van der Waals surface area contributed by atoms with Gasteiger partial charge in [0, 0.05) is 24.3 Å². The van der Waals surface area contributed by atoms with E-state index in [1.165, 1.54) is 11.3 Å². The summed E-state index contributed by atoms with van der Waals surface area (Å²) in [7, 11) is 0. The van der Waals surface area contributed by atoms with Crippen LogP contribution >= 0.6 is 11.3 Å². The lowest BCUT2D eigenvalue weighted by Gasteiger charge is -2.09. The molecule has 0 atom stereocenters. The van der Waals surface area contributed by atoms with Gasteiger partial charge in [0.25, 0.3) is 11.8 Å². The lowest BCUT2D eigenvalue weighted by Crippen LogP contribution is -2.34. The van der Waals surface area contributed by atoms with Crippen molar-refractivity contribution in [2.45, 2.75) is 6.42 Å². The molecule has 0 aliphatic heterocycles. The average molecular weight is 484 g/mol. The van der Waals surface area contributed by atoms with Crippen molar-refractivity contribution in [3.05, 3.63) is 112 Å². The highest BCUT2D eigenvalue weighted by atomic mass is 32.1. The van der Waals surface area contributed by atoms with Gasteiger partial charge >= 0.3 is 0 Å². The van der Waals surface area contributed by atoms with Gasteiger partial charge in [0.15, 0.2) is 0 Å². The molecule has 176 valence electrons. The zero-order valence-corrected chi connectivity index (χ0v) is 19.8. The highest BCUT2D eigenvalue weighted by molar-refractivity contribution is 7.12. The Morgan fingerprint density at radius 3 is 1.97 bits per heavy atom. The molecule has 0 saturated carbocycles. The topological polar surface area (TPSA) is 87.3 Å². The number of benzene rings is 3. The standard InChI is InChI=1S/C28H25N3O3S/c32-26(19-20-8-10-22(11-9-20)21-5-2-1-3-6-21)31-24-14-12-23(13-15-24)27(33)29-16-17-30-28(34)25-7-4-18-35-25/h1-15,18H,16-17,19H2,(H,29,33)(H,30,34)(H,31,32). The minimum absolute atomic E-state index is 0.129. The van der Waals surface area contributed by atoms with E-state index < -0.39 is 0 Å². The minimum Gasteiger partial charge on any atom is -0.350 e. The van der Waals surface area contributed by atoms with Gasteiger partial charge in [-0.1, -0.05) is 60.7 Å². The van der Waals surface area contributed by atoms with E-state index in [1.54, 1.807) is 30.3 Å². The van der Waals surface area contributed by atoms with Crippen LogP contribution in [0.5, 0.6) is 0 Å². The third kappa shape index (κ3) is 6.88. The third-order valence-corrected chi connectivity index (χ3v) is 6.17. The number of hydrogen-bond donors (Lipinski definition) is 3. The fourth-order valence-corrected chi connectivity index (χ4v) is 4.13. The van der Waals surface area contributed by atoms with Gasteiger partial charge in [-0.15, -0.1) is 11.3 Å². The number of carbonyl (C=O) groups is 3. The molecule has 3 N–H and O–H groups in total. The first-order valence-electron chi connectivity index (χ1n) is 11.2. The van der Waals surface area contributed by atoms with Gasteiger partial charge in [-0.3, -0.25) is 14.4 Å². The van der Waals surface area contributed by atoms with Gasteiger partial charge in [0.1, 0.15) is 0 Å². The Labute approximate surface area is 208 Å². The number of amides is 3. The summed E-state index contributed by atoms with van der Waals surface area (Å²) in [5.41, 5.74) is 4.26. The van der Waals surface area contributed by atoms with E-state index in [-0.39, 0.29) is 24.1 Å². The number of anilines is 1. The summed E-state index contributed by atoms with van der Waals surface area (Å²) in [5, 5.41) is 10.2. The maximum Gasteiger partial charge on any atom is 0.261 e. The zero-order valence-electron chi connectivity index (χ0n) is 19.0. The molecule has 0 aliphatic rings. The first-order chi connectivity index (χ1) is 17.1. The molecule has 35 heavy (non-hydrogen) atoms. The van der Waals surface area contributed by atoms with Crippen molar-refractivity contribution in [2.75, 3.05) is 18.4 Å². The van der Waals surface area contributed by atoms with Gasteiger partial charge in [0.2, 0.25) is 5.91 Å². The molecular formula is C28H25N3O3S. The molecule has 0 spiro atoms. The second-order valence-corrected chi connectivity index (χ2v) is 8.80. The highest BCUT2D eigenvalue weighted by Gasteiger charge is 2.09. The number of thiophene rings is 1. The Hall–Kier alpha value is -4.23. The second kappa shape index (κ2) is 11.8. The van der Waals surface area contributed by atoms with Crippen molar-refractivity contribution in [2.24, 2.45) is 0 Å². The first kappa shape index (κ1) is 23.9. The van der Waals surface area contributed by atoms with Crippen LogP contribution in [0.1, 0.15) is 25.6 Å². The van der Waals surface area contributed by atoms with E-state index in [2.05, 4.69) is 28.1 Å². The van der Waals surface area contributed by atoms with Gasteiger partial charge < -0.3 is 16.0 Å². The van der Waals surface area contributed by atoms with Crippen LogP contribution in [0.25, 0.3) is 11.1 Å². The smallest absolute Gasteiger partial charge is 0.261 e. The quantitative estimate of drug-likeness (QED) is 0.300. The predicted octanol–water partition coefficient (Wildman–Crippen LogP) is 4.76. The maximum absolute atomic E-state index is 12.4. The van der Waals surface area contributed by atoms with Crippen LogP contribution in [0.15, 0.2) is 96.4 Å². The van der Waals surface area contributed by atoms with Crippen LogP contribution in [-0.2, 0) is 11.2 Å². The van der Waals surface area contributed by atoms with Crippen molar-refractivity contribution >= 4 is 34.7 Å². The normalized spacial score (nSPS) is 10.4. The number of hydrogen-bond acceptors (Lipinski definition) is 4. The highest BCUT2D eigenvalue weighted by Crippen LogP contribution is 2.19. The molecule has 0 fully saturated rings. The number of carbonyl (C=O) groups excluding carboxylic acids is 3. The minimum atomic E-state index is -0.244. The zero-order chi connectivity index (χ0) is 24.5. The summed E-state index contributed by atoms with van der Waals surface area (Å²) < 4.78 is 0. The summed E-state index contributed by atoms with van der Waals surface area (Å²) in [5.74, 6) is -0.524. The molecule has 0 aliphatic carbocycles. The maximum atomic E-state index is 12.4. The largest absolute Gasteiger partial charge is 0.350 e. The van der Waals surface area contributed by atoms with Crippen molar-refractivity contribution in [1.82, 2.24) is 10.6 Å². The summed E-state index contributed by atoms with van der Waals surface area (Å²) in [4.78, 5) is 37.3. The monoisotopic (exact) mass is 483 g/mol. The van der Waals surface area contributed by atoms with E-state index in [0.717, 1.165) is 16.7 Å². The van der Waals surface area contributed by atoms with Gasteiger partial charge in [-0.2, -0.15) is 0 Å². The second-order valence-electron chi connectivity index (χ2n) is 7.85. The van der Waals surface area contributed by atoms with Crippen LogP contribution in [0.2, 0.25) is 0 Å². The molecule has 0 bridgehead atoms. The fraction of sp³-hybridized carbons (Fsp3) is 0.107. The summed E-state index contributed by atoms with van der Waals surface area (Å²) >= 11 is 1.37. The molecular weight excluding hydrogens is 458 g/mol. The number of nitrogens with one attached hydrogen (secondary N) is 3. The molecule has 3 aromatic carbocycles. The molecule has 1 aromatic heterocycles. The molecule has 4 aromatic rings. The SMILES string of the molecule is O=C(Cc1ccc(-c2ccccc2)cc1)Nc1ccc(C(=O)NCCNC(=O)c2cccs2)cc1. The summed E-state index contributed by atoms with van der Waals surface area (Å²) in [6.07, 6.45) is 0.258. The fourth-order valence-electron chi connectivity index (χ4n) is 3.49. The Kier molecular flexibility index (Phi) is 8.04. The summed E-state index contributed by atoms with van der Waals surface area (Å²) in [6.45, 7) is 0.653. The lowest BCUT2D eigenvalue weighted by atomic mass is 10.0. The molecule has 3 amide bonds. The molecule has 0 unspecified atom stereocenters. The van der Waals surface area contributed by atoms with Gasteiger partial charge in [-0.25, -0.2) is 0 Å². The molecule has 1 heterocycles. The van der Waals surface area contributed by atoms with Crippen LogP contribution in [0, 0.1) is 0 Å². The van der Waals surface area contributed by atoms with E-state index in [9.17, 15) is 14.4 Å². The molecule has 0 radical (unpaired) electrons. The predicted molar refractivity (Wildman–Crippen MR) is 140 cm³/mol. The van der Waals surface area contributed by atoms with Crippen molar-refractivity contribution in [3.8, 4) is 11.1 Å². The Morgan fingerprint density at radius 2 is 1.31 bits per heavy atom. The van der Waals surface area contributed by atoms with Crippen LogP contribution < -0.4 is 16.0 Å². The first-order valence-corrected chi connectivity index (χ1v) is 12.1. The third-order valence-electron chi connectivity index (χ3n) is 5.30. The van der Waals surface area contributed by atoms with Crippen LogP contribution in [0.3, 0.4) is 0 Å². The van der Waals surface area contributed by atoms with Crippen molar-refractivity contribution < 1.29 is 14.4 Å². The van der Waals surface area contributed by atoms with E-state index >= 15 is 0 Å². The molecule has 0 saturated heterocycles. The van der Waals surface area contributed by atoms with Crippen LogP contribution in [-0.4, -0.2) is 30.8 Å². The Balaban J connectivity index is 1.21. The van der Waals surface area contributed by atoms with E-state index in [0.29, 0.717) is 29.2 Å². The van der Waals surface area contributed by atoms with E-state index in [1.807, 2.05) is 53.9 Å². The molecule has 6 nitrogen and oxygen atoms in total. The van der Waals surface area contributed by atoms with E-state index in [4.69, 9.17) is 0 Å². The molecule has 4 rings (SSSR count). The summed E-state index contributed by atoms with van der Waals surface area (Å²) in [6, 6.07) is 28.3. The molecule has 7 heteroatoms.